The third kappa shape index (κ3) is 9.06. The molecule has 0 unspecified atom stereocenters. The third-order valence-electron chi connectivity index (χ3n) is 4.62. The molecule has 1 aromatic carbocycles. The molecule has 4 nitrogen and oxygen atoms in total. The summed E-state index contributed by atoms with van der Waals surface area (Å²) in [5.41, 5.74) is -1.83. The number of carboxylic acid groups (broad SMARTS) is 2. The molecular formula is C20H28KLiO4. The van der Waals surface area contributed by atoms with E-state index in [9.17, 15) is 19.8 Å². The molecule has 0 N–H and O–H groups in total. The fraction of sp³-hybridized carbons (Fsp3) is 0.600. The Bertz CT molecular complexity index is 494. The molecule has 0 fully saturated rings. The summed E-state index contributed by atoms with van der Waals surface area (Å²) in [6.45, 7) is 2.19. The number of carbonyl (C=O) groups is 2. The van der Waals surface area contributed by atoms with E-state index in [0.29, 0.717) is 6.42 Å². The van der Waals surface area contributed by atoms with Crippen LogP contribution in [-0.4, -0.2) is 11.9 Å². The molecular weight excluding hydrogens is 350 g/mol. The molecule has 1 rings (SSSR count). The van der Waals surface area contributed by atoms with Gasteiger partial charge in [-0.3, -0.25) is 0 Å². The standard InChI is InChI=1S/C20H30O4.K.Li/c1-2-3-4-5-6-7-8-9-13-16-20(18(21)22,19(23)24)17-14-11-10-12-15-17;;/h10-12,14-15H,2-9,13,16H2,1H3,(H,21,22)(H,23,24);;/q;2*+1/p-2. The zero-order chi connectivity index (χ0) is 17.8. The van der Waals surface area contributed by atoms with E-state index in [4.69, 9.17) is 0 Å². The van der Waals surface area contributed by atoms with E-state index in [1.807, 2.05) is 0 Å². The van der Waals surface area contributed by atoms with Crippen molar-refractivity contribution in [1.29, 1.82) is 0 Å². The summed E-state index contributed by atoms with van der Waals surface area (Å²) in [5, 5.41) is 23.2. The van der Waals surface area contributed by atoms with Gasteiger partial charge in [0.25, 0.3) is 0 Å². The van der Waals surface area contributed by atoms with Crippen molar-refractivity contribution in [3.8, 4) is 0 Å². The first-order valence-electron chi connectivity index (χ1n) is 9.04. The van der Waals surface area contributed by atoms with Gasteiger partial charge in [0.2, 0.25) is 0 Å². The summed E-state index contributed by atoms with van der Waals surface area (Å²) in [6, 6.07) is 8.01. The Labute approximate surface area is 212 Å². The maximum atomic E-state index is 11.6. The number of carbonyl (C=O) groups excluding carboxylic acids is 2. The molecule has 0 saturated carbocycles. The SMILES string of the molecule is CCCCCCCCCCCC(C(=O)[O-])(C(=O)[O-])c1ccccc1.[K+].[Li+]. The Hall–Kier alpha value is 0.394. The molecule has 1 aromatic rings. The number of rotatable bonds is 13. The molecule has 0 saturated heterocycles. The zero-order valence-corrected chi connectivity index (χ0v) is 19.7. The van der Waals surface area contributed by atoms with Crippen molar-refractivity contribution in [2.75, 3.05) is 0 Å². The average molecular weight is 378 g/mol. The molecule has 0 radical (unpaired) electrons. The Morgan fingerprint density at radius 2 is 1.23 bits per heavy atom. The van der Waals surface area contributed by atoms with E-state index in [1.54, 1.807) is 18.2 Å². The molecule has 0 aliphatic carbocycles. The van der Waals surface area contributed by atoms with Crippen LogP contribution in [0, 0.1) is 0 Å². The number of carboxylic acids is 2. The zero-order valence-electron chi connectivity index (χ0n) is 16.6. The van der Waals surface area contributed by atoms with Crippen LogP contribution in [-0.2, 0) is 15.0 Å². The minimum atomic E-state index is -2.05. The first kappa shape index (κ1) is 28.6. The van der Waals surface area contributed by atoms with Crippen LogP contribution in [0.3, 0.4) is 0 Å². The molecule has 26 heavy (non-hydrogen) atoms. The molecule has 0 heterocycles. The fourth-order valence-electron chi connectivity index (χ4n) is 3.09. The second-order valence-corrected chi connectivity index (χ2v) is 6.42. The van der Waals surface area contributed by atoms with Crippen LogP contribution >= 0.6 is 0 Å². The number of aliphatic carboxylic acids is 2. The van der Waals surface area contributed by atoms with E-state index in [0.717, 1.165) is 19.3 Å². The molecule has 0 atom stereocenters. The molecule has 0 spiro atoms. The molecule has 0 aliphatic rings. The van der Waals surface area contributed by atoms with Crippen LogP contribution in [0.25, 0.3) is 0 Å². The van der Waals surface area contributed by atoms with Gasteiger partial charge in [-0.25, -0.2) is 0 Å². The number of hydrogen-bond acceptors (Lipinski definition) is 4. The molecule has 134 valence electrons. The summed E-state index contributed by atoms with van der Waals surface area (Å²) in [6.07, 6.45) is 9.67. The van der Waals surface area contributed by atoms with Crippen molar-refractivity contribution >= 4 is 11.9 Å². The summed E-state index contributed by atoms with van der Waals surface area (Å²) >= 11 is 0. The molecule has 0 aliphatic heterocycles. The van der Waals surface area contributed by atoms with Crippen LogP contribution in [0.15, 0.2) is 30.3 Å². The first-order valence-corrected chi connectivity index (χ1v) is 9.04. The van der Waals surface area contributed by atoms with Gasteiger partial charge in [0.15, 0.2) is 0 Å². The predicted molar refractivity (Wildman–Crippen MR) is 90.0 cm³/mol. The van der Waals surface area contributed by atoms with E-state index >= 15 is 0 Å². The Morgan fingerprint density at radius 3 is 1.65 bits per heavy atom. The van der Waals surface area contributed by atoms with Gasteiger partial charge < -0.3 is 19.8 Å². The Morgan fingerprint density at radius 1 is 0.808 bits per heavy atom. The number of unbranched alkanes of at least 4 members (excludes halogenated alkanes) is 8. The third-order valence-corrected chi connectivity index (χ3v) is 4.62. The second-order valence-electron chi connectivity index (χ2n) is 6.42. The summed E-state index contributed by atoms with van der Waals surface area (Å²) < 4.78 is 0. The van der Waals surface area contributed by atoms with Gasteiger partial charge in [0, 0.05) is 0 Å². The van der Waals surface area contributed by atoms with Crippen LogP contribution in [0.2, 0.25) is 0 Å². The van der Waals surface area contributed by atoms with Gasteiger partial charge in [-0.05, 0) is 12.0 Å². The van der Waals surface area contributed by atoms with Crippen molar-refractivity contribution in [3.63, 3.8) is 0 Å². The predicted octanol–water partition coefficient (Wildman–Crippen LogP) is -3.65. The van der Waals surface area contributed by atoms with Crippen LogP contribution in [0.5, 0.6) is 0 Å². The second kappa shape index (κ2) is 16.4. The van der Waals surface area contributed by atoms with Crippen molar-refractivity contribution in [2.45, 2.75) is 76.5 Å². The Balaban J connectivity index is 0. The van der Waals surface area contributed by atoms with E-state index in [1.165, 1.54) is 44.2 Å². The molecule has 0 bridgehead atoms. The normalized spacial score (nSPS) is 10.5. The van der Waals surface area contributed by atoms with E-state index < -0.39 is 17.4 Å². The van der Waals surface area contributed by atoms with Gasteiger partial charge in [0.1, 0.15) is 0 Å². The van der Waals surface area contributed by atoms with E-state index in [2.05, 4.69) is 6.92 Å². The van der Waals surface area contributed by atoms with Gasteiger partial charge in [-0.2, -0.15) is 0 Å². The smallest absolute Gasteiger partial charge is 0.549 e. The van der Waals surface area contributed by atoms with Crippen LogP contribution < -0.4 is 80.5 Å². The largest absolute Gasteiger partial charge is 1.00 e. The topological polar surface area (TPSA) is 80.3 Å². The maximum absolute atomic E-state index is 11.6. The quantitative estimate of drug-likeness (QED) is 0.201. The van der Waals surface area contributed by atoms with E-state index in [-0.39, 0.29) is 82.2 Å². The Kier molecular flexibility index (Phi) is 18.0. The summed E-state index contributed by atoms with van der Waals surface area (Å²) in [7, 11) is 0. The summed E-state index contributed by atoms with van der Waals surface area (Å²) in [5.74, 6) is -3.18. The number of hydrogen-bond donors (Lipinski definition) is 0. The van der Waals surface area contributed by atoms with Gasteiger partial charge >= 0.3 is 70.2 Å². The van der Waals surface area contributed by atoms with Crippen molar-refractivity contribution in [3.05, 3.63) is 35.9 Å². The fourth-order valence-corrected chi connectivity index (χ4v) is 3.09. The minimum Gasteiger partial charge on any atom is -0.549 e. The van der Waals surface area contributed by atoms with Gasteiger partial charge in [-0.1, -0.05) is 95.0 Å². The maximum Gasteiger partial charge on any atom is 1.00 e. The first-order chi connectivity index (χ1) is 11.6. The molecule has 0 aromatic heterocycles. The van der Waals surface area contributed by atoms with Crippen LogP contribution in [0.4, 0.5) is 0 Å². The monoisotopic (exact) mass is 378 g/mol. The van der Waals surface area contributed by atoms with Crippen LogP contribution in [0.1, 0.15) is 76.7 Å². The summed E-state index contributed by atoms with van der Waals surface area (Å²) in [4.78, 5) is 23.2. The van der Waals surface area contributed by atoms with Gasteiger partial charge in [0.05, 0.1) is 17.4 Å². The minimum absolute atomic E-state index is 0. The molecule has 6 heteroatoms. The molecule has 0 amide bonds. The van der Waals surface area contributed by atoms with Gasteiger partial charge in [-0.15, -0.1) is 0 Å². The average Bonchev–Trinajstić information content (AvgIpc) is 2.57. The van der Waals surface area contributed by atoms with Crippen molar-refractivity contribution in [1.82, 2.24) is 0 Å². The van der Waals surface area contributed by atoms with Crippen molar-refractivity contribution < 1.29 is 90.0 Å². The number of benzene rings is 1. The van der Waals surface area contributed by atoms with Crippen molar-refractivity contribution in [2.24, 2.45) is 0 Å².